The summed E-state index contributed by atoms with van der Waals surface area (Å²) in [5, 5.41) is 0. The average Bonchev–Trinajstić information content (AvgIpc) is 2.73. The van der Waals surface area contributed by atoms with Crippen LogP contribution in [0.15, 0.2) is 30.3 Å². The van der Waals surface area contributed by atoms with Crippen molar-refractivity contribution in [3.63, 3.8) is 0 Å². The van der Waals surface area contributed by atoms with E-state index in [2.05, 4.69) is 0 Å². The lowest BCUT2D eigenvalue weighted by molar-refractivity contribution is -0.126. The number of para-hydroxylation sites is 1. The molecule has 0 saturated carbocycles. The van der Waals surface area contributed by atoms with E-state index < -0.39 is 0 Å². The number of carbonyl (C=O) groups is 3. The van der Waals surface area contributed by atoms with E-state index >= 15 is 0 Å². The predicted octanol–water partition coefficient (Wildman–Crippen LogP) is 1.32. The lowest BCUT2D eigenvalue weighted by atomic mass is 10.2. The molecule has 0 radical (unpaired) electrons. The highest BCUT2D eigenvalue weighted by Crippen LogP contribution is 2.14. The van der Waals surface area contributed by atoms with Crippen molar-refractivity contribution in [1.29, 1.82) is 0 Å². The Balaban J connectivity index is 1.82. The normalized spacial score (nSPS) is 14.8. The van der Waals surface area contributed by atoms with Gasteiger partial charge in [0, 0.05) is 32.7 Å². The molecule has 1 fully saturated rings. The van der Waals surface area contributed by atoms with Crippen molar-refractivity contribution in [2.75, 3.05) is 32.1 Å². The van der Waals surface area contributed by atoms with Gasteiger partial charge in [-0.3, -0.25) is 14.5 Å². The maximum atomic E-state index is 12.1. The van der Waals surface area contributed by atoms with Gasteiger partial charge in [0.2, 0.25) is 11.8 Å². The van der Waals surface area contributed by atoms with Crippen molar-refractivity contribution < 1.29 is 14.4 Å². The molecule has 0 aliphatic carbocycles. The Bertz CT molecular complexity index is 544. The Labute approximate surface area is 123 Å². The molecule has 0 spiro atoms. The van der Waals surface area contributed by atoms with Gasteiger partial charge in [-0.1, -0.05) is 18.2 Å². The van der Waals surface area contributed by atoms with Crippen LogP contribution in [0.4, 0.5) is 10.5 Å². The average molecular weight is 289 g/mol. The summed E-state index contributed by atoms with van der Waals surface area (Å²) in [6, 6.07) is 9.07. The Morgan fingerprint density at radius 3 is 2.48 bits per heavy atom. The number of rotatable bonds is 5. The molecule has 1 aliphatic rings. The molecule has 1 aromatic rings. The fourth-order valence-corrected chi connectivity index (χ4v) is 2.24. The third kappa shape index (κ3) is 3.39. The van der Waals surface area contributed by atoms with Gasteiger partial charge < -0.3 is 9.80 Å². The van der Waals surface area contributed by atoms with Crippen molar-refractivity contribution in [3.05, 3.63) is 30.3 Å². The third-order valence-electron chi connectivity index (χ3n) is 3.52. The van der Waals surface area contributed by atoms with Crippen molar-refractivity contribution in [3.8, 4) is 0 Å². The molecule has 2 rings (SSSR count). The van der Waals surface area contributed by atoms with E-state index in [0.717, 1.165) is 5.69 Å². The number of hydrogen-bond acceptors (Lipinski definition) is 3. The molecule has 0 aromatic heterocycles. The summed E-state index contributed by atoms with van der Waals surface area (Å²) < 4.78 is 0. The van der Waals surface area contributed by atoms with Gasteiger partial charge in [-0.15, -0.1) is 0 Å². The summed E-state index contributed by atoms with van der Waals surface area (Å²) in [6.07, 6.45) is 0.771. The minimum Gasteiger partial charge on any atom is -0.318 e. The fourth-order valence-electron chi connectivity index (χ4n) is 2.24. The van der Waals surface area contributed by atoms with Crippen LogP contribution in [0.25, 0.3) is 0 Å². The number of amides is 4. The minimum absolute atomic E-state index is 0.0337. The minimum atomic E-state index is -0.288. The highest BCUT2D eigenvalue weighted by atomic mass is 16.2. The number of nitrogens with zero attached hydrogens (tertiary/aromatic N) is 3. The summed E-state index contributed by atoms with van der Waals surface area (Å²) in [5.41, 5.74) is 0.829. The summed E-state index contributed by atoms with van der Waals surface area (Å²) in [7, 11) is 3.31. The van der Waals surface area contributed by atoms with Crippen molar-refractivity contribution >= 4 is 23.5 Å². The SMILES string of the molecule is CN1CC(=O)N(CCCC(=O)N(C)c2ccccc2)C1=O. The van der Waals surface area contributed by atoms with Gasteiger partial charge in [-0.2, -0.15) is 0 Å². The summed E-state index contributed by atoms with van der Waals surface area (Å²) in [5.74, 6) is -0.236. The van der Waals surface area contributed by atoms with Gasteiger partial charge in [-0.25, -0.2) is 4.79 Å². The molecule has 21 heavy (non-hydrogen) atoms. The molecule has 112 valence electrons. The molecule has 0 unspecified atom stereocenters. The first-order chi connectivity index (χ1) is 10.0. The zero-order valence-corrected chi connectivity index (χ0v) is 12.3. The van der Waals surface area contributed by atoms with Gasteiger partial charge in [-0.05, 0) is 18.6 Å². The zero-order valence-electron chi connectivity index (χ0n) is 12.3. The zero-order chi connectivity index (χ0) is 15.4. The van der Waals surface area contributed by atoms with Gasteiger partial charge >= 0.3 is 6.03 Å². The number of carbonyl (C=O) groups excluding carboxylic acids is 3. The Kier molecular flexibility index (Phi) is 4.57. The Morgan fingerprint density at radius 2 is 1.90 bits per heavy atom. The van der Waals surface area contributed by atoms with E-state index in [0.29, 0.717) is 12.8 Å². The molecular formula is C15H19N3O3. The van der Waals surface area contributed by atoms with E-state index in [-0.39, 0.29) is 30.9 Å². The predicted molar refractivity (Wildman–Crippen MR) is 78.8 cm³/mol. The quantitative estimate of drug-likeness (QED) is 0.768. The van der Waals surface area contributed by atoms with Crippen molar-refractivity contribution in [2.24, 2.45) is 0 Å². The van der Waals surface area contributed by atoms with Crippen molar-refractivity contribution in [2.45, 2.75) is 12.8 Å². The topological polar surface area (TPSA) is 60.9 Å². The number of imide groups is 1. The summed E-state index contributed by atoms with van der Waals surface area (Å²) in [4.78, 5) is 39.5. The van der Waals surface area contributed by atoms with Crippen LogP contribution < -0.4 is 4.90 Å². The highest BCUT2D eigenvalue weighted by molar-refractivity contribution is 6.01. The molecule has 1 saturated heterocycles. The number of urea groups is 1. The molecule has 1 aromatic carbocycles. The van der Waals surface area contributed by atoms with Crippen LogP contribution in [-0.2, 0) is 9.59 Å². The smallest absolute Gasteiger partial charge is 0.318 e. The Hall–Kier alpha value is -2.37. The van der Waals surface area contributed by atoms with Gasteiger partial charge in [0.05, 0.1) is 0 Å². The molecule has 1 heterocycles. The van der Waals surface area contributed by atoms with E-state index in [1.807, 2.05) is 30.3 Å². The van der Waals surface area contributed by atoms with Crippen LogP contribution in [0.1, 0.15) is 12.8 Å². The monoisotopic (exact) mass is 289 g/mol. The molecule has 1 aliphatic heterocycles. The van der Waals surface area contributed by atoms with Crippen LogP contribution >= 0.6 is 0 Å². The number of anilines is 1. The molecule has 4 amide bonds. The standard InChI is InChI=1S/C15H19N3O3/c1-16-11-14(20)18(15(16)21)10-6-9-13(19)17(2)12-7-4-3-5-8-12/h3-5,7-8H,6,9-11H2,1-2H3. The van der Waals surface area contributed by atoms with Crippen LogP contribution in [0.5, 0.6) is 0 Å². The van der Waals surface area contributed by atoms with Gasteiger partial charge in [0.25, 0.3) is 0 Å². The summed E-state index contributed by atoms with van der Waals surface area (Å²) >= 11 is 0. The number of likely N-dealkylation sites (N-methyl/N-ethyl adjacent to an activating group) is 1. The second-order valence-electron chi connectivity index (χ2n) is 5.08. The number of benzene rings is 1. The second-order valence-corrected chi connectivity index (χ2v) is 5.08. The molecule has 0 atom stereocenters. The highest BCUT2D eigenvalue weighted by Gasteiger charge is 2.32. The first-order valence-electron chi connectivity index (χ1n) is 6.88. The van der Waals surface area contributed by atoms with Crippen LogP contribution in [0.3, 0.4) is 0 Å². The van der Waals surface area contributed by atoms with Crippen LogP contribution in [0.2, 0.25) is 0 Å². The first-order valence-corrected chi connectivity index (χ1v) is 6.88. The van der Waals surface area contributed by atoms with Crippen molar-refractivity contribution in [1.82, 2.24) is 9.80 Å². The van der Waals surface area contributed by atoms with Crippen LogP contribution in [0, 0.1) is 0 Å². The van der Waals surface area contributed by atoms with Crippen LogP contribution in [-0.4, -0.2) is 54.8 Å². The molecular weight excluding hydrogens is 270 g/mol. The van der Waals surface area contributed by atoms with E-state index in [9.17, 15) is 14.4 Å². The molecule has 6 heteroatoms. The third-order valence-corrected chi connectivity index (χ3v) is 3.52. The largest absolute Gasteiger partial charge is 0.326 e. The van der Waals surface area contributed by atoms with E-state index in [4.69, 9.17) is 0 Å². The lowest BCUT2D eigenvalue weighted by Crippen LogP contribution is -2.33. The second kappa shape index (κ2) is 6.39. The maximum Gasteiger partial charge on any atom is 0.326 e. The van der Waals surface area contributed by atoms with E-state index in [1.165, 1.54) is 9.80 Å². The number of hydrogen-bond donors (Lipinski definition) is 0. The van der Waals surface area contributed by atoms with E-state index in [1.54, 1.807) is 19.0 Å². The maximum absolute atomic E-state index is 12.1. The fraction of sp³-hybridized carbons (Fsp3) is 0.400. The lowest BCUT2D eigenvalue weighted by Gasteiger charge is -2.18. The molecule has 0 N–H and O–H groups in total. The van der Waals surface area contributed by atoms with Gasteiger partial charge in [0.1, 0.15) is 6.54 Å². The summed E-state index contributed by atoms with van der Waals surface area (Å²) in [6.45, 7) is 0.410. The van der Waals surface area contributed by atoms with Gasteiger partial charge in [0.15, 0.2) is 0 Å². The Morgan fingerprint density at radius 1 is 1.24 bits per heavy atom. The molecule has 6 nitrogen and oxygen atoms in total. The first kappa shape index (κ1) is 15.0. The molecule has 0 bridgehead atoms.